The molecule has 0 N–H and O–H groups in total. The molecule has 8 heteroatoms. The minimum atomic E-state index is -0.604. The Morgan fingerprint density at radius 3 is 2.41 bits per heavy atom. The van der Waals surface area contributed by atoms with Gasteiger partial charge in [0.05, 0.1) is 21.1 Å². The molecule has 0 bridgehead atoms. The lowest BCUT2D eigenvalue weighted by Gasteiger charge is -2.25. The van der Waals surface area contributed by atoms with Crippen molar-refractivity contribution >= 4 is 33.1 Å². The Kier molecular flexibility index (Phi) is 4.91. The molecule has 0 spiro atoms. The second kappa shape index (κ2) is 7.90. The number of carbonyl (C=O) groups excluding carboxylic acids is 1. The summed E-state index contributed by atoms with van der Waals surface area (Å²) < 4.78 is 8.50. The number of amides is 1. The number of ether oxygens (including phenoxy) is 1. The smallest absolute Gasteiger partial charge is 0.270 e. The second-order valence-corrected chi connectivity index (χ2v) is 8.26. The van der Waals surface area contributed by atoms with Gasteiger partial charge in [0.15, 0.2) is 4.80 Å². The molecule has 158 valence electrons. The van der Waals surface area contributed by atoms with Crippen molar-refractivity contribution in [1.29, 1.82) is 0 Å². The molecule has 1 amide bonds. The Labute approximate surface area is 186 Å². The van der Waals surface area contributed by atoms with Crippen LogP contribution in [0.1, 0.15) is 17.0 Å². The monoisotopic (exact) mass is 443 g/mol. The number of allylic oxidation sites excluding steroid dienone is 1. The summed E-state index contributed by atoms with van der Waals surface area (Å²) in [6.07, 6.45) is 1.70. The summed E-state index contributed by atoms with van der Waals surface area (Å²) in [5.41, 5.74) is 2.27. The van der Waals surface area contributed by atoms with E-state index in [1.54, 1.807) is 12.1 Å². The first kappa shape index (κ1) is 19.9. The Morgan fingerprint density at radius 2 is 1.78 bits per heavy atom. The van der Waals surface area contributed by atoms with Gasteiger partial charge in [0, 0.05) is 29.8 Å². The van der Waals surface area contributed by atoms with Crippen LogP contribution in [-0.2, 0) is 11.3 Å². The van der Waals surface area contributed by atoms with Crippen LogP contribution >= 0.6 is 11.3 Å². The zero-order valence-electron chi connectivity index (χ0n) is 16.8. The first-order valence-electron chi connectivity index (χ1n) is 9.90. The van der Waals surface area contributed by atoms with Crippen LogP contribution in [0.4, 0.5) is 5.69 Å². The fraction of sp³-hybridized carbons (Fsp3) is 0.0833. The Morgan fingerprint density at radius 1 is 1.12 bits per heavy atom. The van der Waals surface area contributed by atoms with Gasteiger partial charge in [0.25, 0.3) is 11.6 Å². The standard InChI is InChI=1S/C24H17N3O4S/c1-2-13-26-18-12-11-15(27(29)30)14-21(18)32-24(26)25-23(28)22-16-7-3-5-9-19(16)31-20-10-6-4-8-17(20)22/h2-12,14,22H,1,13H2. The molecular formula is C24H17N3O4S. The van der Waals surface area contributed by atoms with Gasteiger partial charge >= 0.3 is 0 Å². The molecular weight excluding hydrogens is 426 g/mol. The van der Waals surface area contributed by atoms with E-state index in [1.165, 1.54) is 23.5 Å². The number of hydrogen-bond donors (Lipinski definition) is 0. The van der Waals surface area contributed by atoms with Crippen LogP contribution in [0.25, 0.3) is 10.2 Å². The van der Waals surface area contributed by atoms with E-state index in [2.05, 4.69) is 11.6 Å². The van der Waals surface area contributed by atoms with Gasteiger partial charge in [-0.15, -0.1) is 6.58 Å². The van der Waals surface area contributed by atoms with Crippen molar-refractivity contribution in [2.24, 2.45) is 4.99 Å². The molecule has 2 heterocycles. The van der Waals surface area contributed by atoms with E-state index in [0.717, 1.165) is 16.6 Å². The Balaban J connectivity index is 1.68. The maximum Gasteiger partial charge on any atom is 0.270 e. The summed E-state index contributed by atoms with van der Waals surface area (Å²) >= 11 is 1.24. The maximum absolute atomic E-state index is 13.5. The average molecular weight is 443 g/mol. The number of benzene rings is 3. The van der Waals surface area contributed by atoms with Crippen LogP contribution in [0.2, 0.25) is 0 Å². The zero-order chi connectivity index (χ0) is 22.2. The zero-order valence-corrected chi connectivity index (χ0v) is 17.6. The molecule has 1 aliphatic heterocycles. The fourth-order valence-corrected chi connectivity index (χ4v) is 4.98. The average Bonchev–Trinajstić information content (AvgIpc) is 3.13. The van der Waals surface area contributed by atoms with E-state index in [1.807, 2.05) is 53.1 Å². The van der Waals surface area contributed by atoms with Crippen molar-refractivity contribution in [2.75, 3.05) is 0 Å². The summed E-state index contributed by atoms with van der Waals surface area (Å²) in [4.78, 5) is 29.2. The fourth-order valence-electron chi connectivity index (χ4n) is 3.90. The van der Waals surface area contributed by atoms with Crippen molar-refractivity contribution < 1.29 is 14.5 Å². The van der Waals surface area contributed by atoms with E-state index >= 15 is 0 Å². The van der Waals surface area contributed by atoms with Gasteiger partial charge in [0.1, 0.15) is 11.5 Å². The maximum atomic E-state index is 13.5. The van der Waals surface area contributed by atoms with Gasteiger partial charge < -0.3 is 9.30 Å². The Hall–Kier alpha value is -4.04. The predicted molar refractivity (Wildman–Crippen MR) is 122 cm³/mol. The van der Waals surface area contributed by atoms with Gasteiger partial charge in [-0.25, -0.2) is 0 Å². The summed E-state index contributed by atoms with van der Waals surface area (Å²) in [6.45, 7) is 4.21. The van der Waals surface area contributed by atoms with Crippen molar-refractivity contribution in [3.05, 3.63) is 105 Å². The van der Waals surface area contributed by atoms with E-state index in [9.17, 15) is 14.9 Å². The molecule has 32 heavy (non-hydrogen) atoms. The van der Waals surface area contributed by atoms with Gasteiger partial charge in [-0.1, -0.05) is 53.8 Å². The van der Waals surface area contributed by atoms with Crippen LogP contribution in [0.15, 0.2) is 84.4 Å². The molecule has 0 saturated carbocycles. The van der Waals surface area contributed by atoms with Crippen LogP contribution in [0, 0.1) is 10.1 Å². The first-order valence-corrected chi connectivity index (χ1v) is 10.7. The quantitative estimate of drug-likeness (QED) is 0.248. The summed E-state index contributed by atoms with van der Waals surface area (Å²) in [6, 6.07) is 19.5. The summed E-state index contributed by atoms with van der Waals surface area (Å²) in [5.74, 6) is 0.330. The van der Waals surface area contributed by atoms with Crippen LogP contribution in [0.5, 0.6) is 11.5 Å². The predicted octanol–water partition coefficient (Wildman–Crippen LogP) is 5.16. The van der Waals surface area contributed by atoms with E-state index < -0.39 is 10.8 Å². The molecule has 3 aromatic carbocycles. The second-order valence-electron chi connectivity index (χ2n) is 7.25. The molecule has 0 atom stereocenters. The molecule has 7 nitrogen and oxygen atoms in total. The molecule has 5 rings (SSSR count). The van der Waals surface area contributed by atoms with E-state index in [-0.39, 0.29) is 11.6 Å². The van der Waals surface area contributed by atoms with Crippen molar-refractivity contribution in [2.45, 2.75) is 12.5 Å². The number of hydrogen-bond acceptors (Lipinski definition) is 5. The molecule has 0 fully saturated rings. The lowest BCUT2D eigenvalue weighted by atomic mass is 9.87. The minimum absolute atomic E-state index is 0.00494. The third-order valence-corrected chi connectivity index (χ3v) is 6.36. The number of nitro benzene ring substituents is 1. The molecule has 1 aliphatic rings. The summed E-state index contributed by atoms with van der Waals surface area (Å²) in [5, 5.41) is 11.2. The topological polar surface area (TPSA) is 86.7 Å². The van der Waals surface area contributed by atoms with Crippen molar-refractivity contribution in [3.63, 3.8) is 0 Å². The number of para-hydroxylation sites is 2. The highest BCUT2D eigenvalue weighted by atomic mass is 32.1. The molecule has 0 unspecified atom stereocenters. The van der Waals surface area contributed by atoms with Crippen molar-refractivity contribution in [1.82, 2.24) is 4.57 Å². The van der Waals surface area contributed by atoms with Crippen molar-refractivity contribution in [3.8, 4) is 11.5 Å². The molecule has 1 aromatic heterocycles. The largest absolute Gasteiger partial charge is 0.457 e. The third kappa shape index (κ3) is 3.30. The van der Waals surface area contributed by atoms with Crippen LogP contribution in [0.3, 0.4) is 0 Å². The number of aromatic nitrogens is 1. The summed E-state index contributed by atoms with van der Waals surface area (Å²) in [7, 11) is 0. The highest BCUT2D eigenvalue weighted by Crippen LogP contribution is 2.44. The lowest BCUT2D eigenvalue weighted by molar-refractivity contribution is -0.384. The number of non-ortho nitro benzene ring substituents is 1. The SMILES string of the molecule is C=CCn1c(=NC(=O)C2c3ccccc3Oc3ccccc32)sc2cc([N+](=O)[O-])ccc21. The van der Waals surface area contributed by atoms with Gasteiger partial charge in [-0.2, -0.15) is 4.99 Å². The van der Waals surface area contributed by atoms with Gasteiger partial charge in [0.2, 0.25) is 0 Å². The van der Waals surface area contributed by atoms with E-state index in [4.69, 9.17) is 4.74 Å². The van der Waals surface area contributed by atoms with Gasteiger partial charge in [-0.3, -0.25) is 14.9 Å². The molecule has 4 aromatic rings. The number of nitrogens with zero attached hydrogens (tertiary/aromatic N) is 3. The lowest BCUT2D eigenvalue weighted by Crippen LogP contribution is -2.22. The minimum Gasteiger partial charge on any atom is -0.457 e. The first-order chi connectivity index (χ1) is 15.6. The van der Waals surface area contributed by atoms with E-state index in [0.29, 0.717) is 27.5 Å². The Bertz CT molecular complexity index is 1420. The van der Waals surface area contributed by atoms with Gasteiger partial charge in [-0.05, 0) is 18.2 Å². The number of thiazole rings is 1. The van der Waals surface area contributed by atoms with Crippen LogP contribution in [-0.4, -0.2) is 15.4 Å². The number of rotatable bonds is 4. The number of nitro groups is 1. The number of fused-ring (bicyclic) bond motifs is 3. The third-order valence-electron chi connectivity index (χ3n) is 5.32. The molecule has 0 radical (unpaired) electrons. The highest BCUT2D eigenvalue weighted by molar-refractivity contribution is 7.16. The normalized spacial score (nSPS) is 13.3. The molecule has 0 saturated heterocycles. The number of carbonyl (C=O) groups is 1. The van der Waals surface area contributed by atoms with Crippen LogP contribution < -0.4 is 9.54 Å². The highest BCUT2D eigenvalue weighted by Gasteiger charge is 2.32. The molecule has 0 aliphatic carbocycles.